The molecule has 0 amide bonds. The van der Waals surface area contributed by atoms with Gasteiger partial charge in [0.1, 0.15) is 0 Å². The molecule has 0 bridgehead atoms. The normalized spacial score (nSPS) is 10.8. The van der Waals surface area contributed by atoms with Crippen molar-refractivity contribution in [2.75, 3.05) is 11.9 Å². The SMILES string of the molecule is Cc1cc(C)c(NCC(=O)c2cc(C)n(C)c2C)c(C)c1. The van der Waals surface area contributed by atoms with Crippen molar-refractivity contribution >= 4 is 11.5 Å². The number of nitrogens with one attached hydrogen (secondary N) is 1. The molecule has 1 N–H and O–H groups in total. The standard InChI is InChI=1S/C18H24N2O/c1-11-7-12(2)18(13(3)8-11)19-10-17(21)16-9-14(4)20(6)15(16)5/h7-9,19H,10H2,1-6H3. The first-order valence-electron chi connectivity index (χ1n) is 7.29. The highest BCUT2D eigenvalue weighted by Gasteiger charge is 2.14. The maximum atomic E-state index is 12.4. The molecule has 0 saturated carbocycles. The molecule has 0 aliphatic rings. The fourth-order valence-electron chi connectivity index (χ4n) is 2.86. The average molecular weight is 284 g/mol. The van der Waals surface area contributed by atoms with Crippen molar-refractivity contribution in [3.63, 3.8) is 0 Å². The molecule has 1 aromatic heterocycles. The van der Waals surface area contributed by atoms with E-state index in [4.69, 9.17) is 0 Å². The van der Waals surface area contributed by atoms with Crippen LogP contribution in [0.2, 0.25) is 0 Å². The third kappa shape index (κ3) is 3.02. The summed E-state index contributed by atoms with van der Waals surface area (Å²) in [6.07, 6.45) is 0. The third-order valence-electron chi connectivity index (χ3n) is 4.18. The van der Waals surface area contributed by atoms with Gasteiger partial charge < -0.3 is 9.88 Å². The largest absolute Gasteiger partial charge is 0.377 e. The van der Waals surface area contributed by atoms with E-state index in [1.807, 2.05) is 27.0 Å². The zero-order valence-electron chi connectivity index (χ0n) is 13.8. The van der Waals surface area contributed by atoms with E-state index in [2.05, 4.69) is 42.8 Å². The van der Waals surface area contributed by atoms with E-state index in [0.717, 1.165) is 22.6 Å². The summed E-state index contributed by atoms with van der Waals surface area (Å²) in [6.45, 7) is 10.6. The summed E-state index contributed by atoms with van der Waals surface area (Å²) in [5, 5.41) is 3.30. The number of aryl methyl sites for hydroxylation is 4. The number of anilines is 1. The number of aromatic nitrogens is 1. The maximum absolute atomic E-state index is 12.4. The Morgan fingerprint density at radius 2 is 1.62 bits per heavy atom. The number of rotatable bonds is 4. The number of hydrogen-bond acceptors (Lipinski definition) is 2. The van der Waals surface area contributed by atoms with Crippen LogP contribution in [0.1, 0.15) is 38.4 Å². The third-order valence-corrected chi connectivity index (χ3v) is 4.18. The van der Waals surface area contributed by atoms with Crippen molar-refractivity contribution in [3.05, 3.63) is 51.8 Å². The van der Waals surface area contributed by atoms with Crippen LogP contribution < -0.4 is 5.32 Å². The maximum Gasteiger partial charge on any atom is 0.183 e. The Balaban J connectivity index is 2.17. The summed E-state index contributed by atoms with van der Waals surface area (Å²) in [7, 11) is 1.99. The molecule has 0 unspecified atom stereocenters. The summed E-state index contributed by atoms with van der Waals surface area (Å²) in [5.41, 5.74) is 7.62. The van der Waals surface area contributed by atoms with Crippen LogP contribution in [0.3, 0.4) is 0 Å². The highest BCUT2D eigenvalue weighted by atomic mass is 16.1. The van der Waals surface area contributed by atoms with Crippen LogP contribution in [0.5, 0.6) is 0 Å². The summed E-state index contributed by atoms with van der Waals surface area (Å²) in [4.78, 5) is 12.4. The summed E-state index contributed by atoms with van der Waals surface area (Å²) < 4.78 is 2.05. The van der Waals surface area contributed by atoms with Gasteiger partial charge in [-0.3, -0.25) is 4.79 Å². The molecule has 0 spiro atoms. The van der Waals surface area contributed by atoms with E-state index < -0.39 is 0 Å². The highest BCUT2D eigenvalue weighted by molar-refractivity contribution is 6.00. The van der Waals surface area contributed by atoms with Gasteiger partial charge in [0, 0.05) is 29.7 Å². The van der Waals surface area contributed by atoms with Crippen LogP contribution in [0.4, 0.5) is 5.69 Å². The number of nitrogens with zero attached hydrogens (tertiary/aromatic N) is 1. The lowest BCUT2D eigenvalue weighted by atomic mass is 10.0. The first kappa shape index (κ1) is 15.4. The minimum atomic E-state index is 0.135. The van der Waals surface area contributed by atoms with E-state index in [1.54, 1.807) is 0 Å². The van der Waals surface area contributed by atoms with Crippen molar-refractivity contribution in [3.8, 4) is 0 Å². The molecule has 3 heteroatoms. The number of Topliss-reactive ketones (excluding diaryl/α,β-unsaturated/α-hetero) is 1. The lowest BCUT2D eigenvalue weighted by Crippen LogP contribution is -2.16. The number of carbonyl (C=O) groups excluding carboxylic acids is 1. The van der Waals surface area contributed by atoms with Gasteiger partial charge in [-0.1, -0.05) is 17.7 Å². The topological polar surface area (TPSA) is 34.0 Å². The molecule has 0 radical (unpaired) electrons. The quantitative estimate of drug-likeness (QED) is 0.865. The van der Waals surface area contributed by atoms with Crippen LogP contribution in [-0.2, 0) is 7.05 Å². The van der Waals surface area contributed by atoms with Crippen LogP contribution in [0, 0.1) is 34.6 Å². The first-order chi connectivity index (χ1) is 9.81. The Labute approximate surface area is 127 Å². The fraction of sp³-hybridized carbons (Fsp3) is 0.389. The van der Waals surface area contributed by atoms with Crippen LogP contribution in [0.15, 0.2) is 18.2 Å². The molecule has 2 rings (SSSR count). The first-order valence-corrected chi connectivity index (χ1v) is 7.29. The molecule has 1 aromatic carbocycles. The molecule has 112 valence electrons. The van der Waals surface area contributed by atoms with Gasteiger partial charge in [0.25, 0.3) is 0 Å². The summed E-state index contributed by atoms with van der Waals surface area (Å²) in [5.74, 6) is 0.135. The van der Waals surface area contributed by atoms with Gasteiger partial charge in [-0.2, -0.15) is 0 Å². The summed E-state index contributed by atoms with van der Waals surface area (Å²) >= 11 is 0. The highest BCUT2D eigenvalue weighted by Crippen LogP contribution is 2.22. The van der Waals surface area contributed by atoms with E-state index in [1.165, 1.54) is 16.7 Å². The number of benzene rings is 1. The lowest BCUT2D eigenvalue weighted by Gasteiger charge is -2.13. The van der Waals surface area contributed by atoms with Gasteiger partial charge >= 0.3 is 0 Å². The molecular formula is C18H24N2O. The van der Waals surface area contributed by atoms with Crippen molar-refractivity contribution in [1.82, 2.24) is 4.57 Å². The zero-order chi connectivity index (χ0) is 15.7. The lowest BCUT2D eigenvalue weighted by molar-refractivity contribution is 0.101. The van der Waals surface area contributed by atoms with E-state index in [-0.39, 0.29) is 5.78 Å². The van der Waals surface area contributed by atoms with E-state index in [9.17, 15) is 4.79 Å². The van der Waals surface area contributed by atoms with Gasteiger partial charge in [-0.15, -0.1) is 0 Å². The molecule has 3 nitrogen and oxygen atoms in total. The molecule has 0 aliphatic carbocycles. The van der Waals surface area contributed by atoms with Gasteiger partial charge in [-0.05, 0) is 51.8 Å². The predicted molar refractivity (Wildman–Crippen MR) is 88.4 cm³/mol. The Morgan fingerprint density at radius 3 is 2.10 bits per heavy atom. The smallest absolute Gasteiger partial charge is 0.183 e. The van der Waals surface area contributed by atoms with Crippen LogP contribution >= 0.6 is 0 Å². The molecular weight excluding hydrogens is 260 g/mol. The minimum absolute atomic E-state index is 0.135. The Bertz CT molecular complexity index is 672. The summed E-state index contributed by atoms with van der Waals surface area (Å²) in [6, 6.07) is 6.24. The Kier molecular flexibility index (Phi) is 4.21. The van der Waals surface area contributed by atoms with Gasteiger partial charge in [0.2, 0.25) is 0 Å². The van der Waals surface area contributed by atoms with Crippen molar-refractivity contribution < 1.29 is 4.79 Å². The molecule has 1 heterocycles. The van der Waals surface area contributed by atoms with Crippen LogP contribution in [-0.4, -0.2) is 16.9 Å². The molecule has 0 fully saturated rings. The Morgan fingerprint density at radius 1 is 1.05 bits per heavy atom. The monoisotopic (exact) mass is 284 g/mol. The number of hydrogen-bond donors (Lipinski definition) is 1. The van der Waals surface area contributed by atoms with Crippen molar-refractivity contribution in [1.29, 1.82) is 0 Å². The van der Waals surface area contributed by atoms with Crippen LogP contribution in [0.25, 0.3) is 0 Å². The molecule has 21 heavy (non-hydrogen) atoms. The fourth-order valence-corrected chi connectivity index (χ4v) is 2.86. The van der Waals surface area contributed by atoms with Gasteiger partial charge in [0.05, 0.1) is 6.54 Å². The second kappa shape index (κ2) is 5.76. The molecule has 0 aliphatic heterocycles. The van der Waals surface area contributed by atoms with Gasteiger partial charge in [-0.25, -0.2) is 0 Å². The predicted octanol–water partition coefficient (Wildman–Crippen LogP) is 3.86. The minimum Gasteiger partial charge on any atom is -0.377 e. The number of ketones is 1. The van der Waals surface area contributed by atoms with Crippen molar-refractivity contribution in [2.45, 2.75) is 34.6 Å². The number of carbonyl (C=O) groups is 1. The zero-order valence-corrected chi connectivity index (χ0v) is 13.8. The Hall–Kier alpha value is -2.03. The van der Waals surface area contributed by atoms with E-state index >= 15 is 0 Å². The molecule has 0 saturated heterocycles. The molecule has 0 atom stereocenters. The van der Waals surface area contributed by atoms with Gasteiger partial charge in [0.15, 0.2) is 5.78 Å². The second-order valence-corrected chi connectivity index (χ2v) is 5.89. The van der Waals surface area contributed by atoms with Crippen molar-refractivity contribution in [2.24, 2.45) is 7.05 Å². The average Bonchev–Trinajstić information content (AvgIpc) is 2.65. The molecule has 2 aromatic rings. The van der Waals surface area contributed by atoms with E-state index in [0.29, 0.717) is 6.54 Å². The second-order valence-electron chi connectivity index (χ2n) is 5.89.